The van der Waals surface area contributed by atoms with Gasteiger partial charge in [0.2, 0.25) is 0 Å². The number of hydrogen-bond acceptors (Lipinski definition) is 4. The molecule has 0 radical (unpaired) electrons. The van der Waals surface area contributed by atoms with Crippen LogP contribution in [0.1, 0.15) is 16.8 Å². The molecular formula is C19H20ClF3N4O. The van der Waals surface area contributed by atoms with Crippen LogP contribution in [0.5, 0.6) is 0 Å². The second kappa shape index (κ2) is 8.79. The van der Waals surface area contributed by atoms with Gasteiger partial charge in [0.1, 0.15) is 5.82 Å². The summed E-state index contributed by atoms with van der Waals surface area (Å²) in [6.07, 6.45) is -2.00. The molecule has 1 aliphatic heterocycles. The van der Waals surface area contributed by atoms with Crippen molar-refractivity contribution in [1.29, 1.82) is 0 Å². The van der Waals surface area contributed by atoms with Crippen molar-refractivity contribution in [2.24, 2.45) is 5.92 Å². The molecule has 1 unspecified atom stereocenters. The molecule has 0 spiro atoms. The number of halogens is 4. The van der Waals surface area contributed by atoms with E-state index in [1.54, 1.807) is 36.4 Å². The zero-order chi connectivity index (χ0) is 20.1. The van der Waals surface area contributed by atoms with Crippen molar-refractivity contribution in [2.75, 3.05) is 36.8 Å². The van der Waals surface area contributed by atoms with E-state index in [1.165, 1.54) is 11.1 Å². The van der Waals surface area contributed by atoms with E-state index in [0.29, 0.717) is 48.1 Å². The zero-order valence-corrected chi connectivity index (χ0v) is 15.7. The van der Waals surface area contributed by atoms with Crippen LogP contribution < -0.4 is 10.6 Å². The molecule has 1 saturated heterocycles. The Bertz CT molecular complexity index is 814. The van der Waals surface area contributed by atoms with Crippen LogP contribution in [-0.2, 0) is 0 Å². The quantitative estimate of drug-likeness (QED) is 0.743. The van der Waals surface area contributed by atoms with Gasteiger partial charge in [-0.3, -0.25) is 9.69 Å². The summed E-state index contributed by atoms with van der Waals surface area (Å²) in [7, 11) is 0. The minimum absolute atomic E-state index is 0.134. The van der Waals surface area contributed by atoms with Crippen molar-refractivity contribution in [3.63, 3.8) is 0 Å². The number of aromatic nitrogens is 1. The van der Waals surface area contributed by atoms with Gasteiger partial charge in [-0.15, -0.1) is 0 Å². The molecule has 150 valence electrons. The summed E-state index contributed by atoms with van der Waals surface area (Å²) in [5.74, 6) is 0.406. The van der Waals surface area contributed by atoms with Gasteiger partial charge >= 0.3 is 6.18 Å². The number of carbonyl (C=O) groups is 1. The minimum Gasteiger partial charge on any atom is -0.370 e. The minimum atomic E-state index is -4.16. The van der Waals surface area contributed by atoms with Crippen molar-refractivity contribution in [3.8, 4) is 0 Å². The molecule has 1 atom stereocenters. The number of benzene rings is 1. The number of pyridine rings is 1. The summed E-state index contributed by atoms with van der Waals surface area (Å²) >= 11 is 5.89. The lowest BCUT2D eigenvalue weighted by Crippen LogP contribution is -2.33. The summed E-state index contributed by atoms with van der Waals surface area (Å²) in [5, 5.41) is 6.39. The van der Waals surface area contributed by atoms with Crippen LogP contribution in [-0.4, -0.2) is 48.1 Å². The molecule has 0 saturated carbocycles. The lowest BCUT2D eigenvalue weighted by Gasteiger charge is -2.18. The van der Waals surface area contributed by atoms with E-state index in [4.69, 9.17) is 11.6 Å². The lowest BCUT2D eigenvalue weighted by molar-refractivity contribution is -0.143. The van der Waals surface area contributed by atoms with Crippen LogP contribution in [0.4, 0.5) is 24.7 Å². The number of anilines is 2. The van der Waals surface area contributed by atoms with Gasteiger partial charge in [0.25, 0.3) is 5.91 Å². The highest BCUT2D eigenvalue weighted by Gasteiger charge is 2.34. The summed E-state index contributed by atoms with van der Waals surface area (Å²) in [6, 6.07) is 10.1. The van der Waals surface area contributed by atoms with Crippen molar-refractivity contribution in [3.05, 3.63) is 53.2 Å². The first kappa shape index (κ1) is 20.4. The Morgan fingerprint density at radius 2 is 2.11 bits per heavy atom. The van der Waals surface area contributed by atoms with E-state index in [0.717, 1.165) is 0 Å². The molecule has 1 fully saturated rings. The van der Waals surface area contributed by atoms with Crippen LogP contribution in [0.2, 0.25) is 5.02 Å². The van der Waals surface area contributed by atoms with Gasteiger partial charge in [0.15, 0.2) is 0 Å². The van der Waals surface area contributed by atoms with Crippen LogP contribution in [0.15, 0.2) is 42.6 Å². The Morgan fingerprint density at radius 3 is 2.79 bits per heavy atom. The standard InChI is InChI=1S/C19H20ClF3N4O/c20-15-2-1-3-16(8-15)26-18(28)14-4-5-17(25-10-14)24-9-13-6-7-27(11-13)12-19(21,22)23/h1-5,8,10,13H,6-7,9,11-12H2,(H,24,25)(H,26,28). The van der Waals surface area contributed by atoms with E-state index < -0.39 is 12.7 Å². The van der Waals surface area contributed by atoms with E-state index >= 15 is 0 Å². The molecule has 2 N–H and O–H groups in total. The first-order valence-electron chi connectivity index (χ1n) is 8.84. The van der Waals surface area contributed by atoms with E-state index in [2.05, 4.69) is 15.6 Å². The highest BCUT2D eigenvalue weighted by molar-refractivity contribution is 6.30. The fourth-order valence-electron chi connectivity index (χ4n) is 3.13. The monoisotopic (exact) mass is 412 g/mol. The Labute approximate surface area is 165 Å². The Morgan fingerprint density at radius 1 is 1.29 bits per heavy atom. The van der Waals surface area contributed by atoms with E-state index in [9.17, 15) is 18.0 Å². The highest BCUT2D eigenvalue weighted by Crippen LogP contribution is 2.23. The lowest BCUT2D eigenvalue weighted by atomic mass is 10.1. The van der Waals surface area contributed by atoms with Crippen LogP contribution in [0.25, 0.3) is 0 Å². The number of nitrogens with zero attached hydrogens (tertiary/aromatic N) is 2. The molecule has 9 heteroatoms. The molecule has 1 aliphatic rings. The van der Waals surface area contributed by atoms with Gasteiger partial charge in [-0.2, -0.15) is 13.2 Å². The number of likely N-dealkylation sites (tertiary alicyclic amines) is 1. The van der Waals surface area contributed by atoms with Crippen LogP contribution in [0.3, 0.4) is 0 Å². The predicted molar refractivity (Wildman–Crippen MR) is 103 cm³/mol. The number of rotatable bonds is 6. The zero-order valence-electron chi connectivity index (χ0n) is 15.0. The second-order valence-corrected chi connectivity index (χ2v) is 7.22. The van der Waals surface area contributed by atoms with E-state index in [1.807, 2.05) is 0 Å². The summed E-state index contributed by atoms with van der Waals surface area (Å²) < 4.78 is 37.3. The molecule has 1 aromatic heterocycles. The smallest absolute Gasteiger partial charge is 0.370 e. The molecule has 1 aromatic carbocycles. The summed E-state index contributed by atoms with van der Waals surface area (Å²) in [6.45, 7) is 0.530. The normalized spacial score (nSPS) is 17.5. The molecule has 3 rings (SSSR count). The maximum absolute atomic E-state index is 12.4. The van der Waals surface area contributed by atoms with Gasteiger partial charge in [-0.1, -0.05) is 17.7 Å². The molecule has 5 nitrogen and oxygen atoms in total. The van der Waals surface area contributed by atoms with Gasteiger partial charge in [0.05, 0.1) is 12.1 Å². The number of alkyl halides is 3. The van der Waals surface area contributed by atoms with Crippen LogP contribution >= 0.6 is 11.6 Å². The maximum Gasteiger partial charge on any atom is 0.401 e. The van der Waals surface area contributed by atoms with Gasteiger partial charge in [0, 0.05) is 30.0 Å². The van der Waals surface area contributed by atoms with Crippen molar-refractivity contribution in [1.82, 2.24) is 9.88 Å². The third-order valence-electron chi connectivity index (χ3n) is 4.45. The third kappa shape index (κ3) is 6.10. The number of nitrogens with one attached hydrogen (secondary N) is 2. The summed E-state index contributed by atoms with van der Waals surface area (Å²) in [5.41, 5.74) is 0.979. The average Bonchev–Trinajstić information content (AvgIpc) is 3.06. The van der Waals surface area contributed by atoms with Crippen molar-refractivity contribution in [2.45, 2.75) is 12.6 Å². The molecule has 0 aliphatic carbocycles. The van der Waals surface area contributed by atoms with E-state index in [-0.39, 0.29) is 11.8 Å². The highest BCUT2D eigenvalue weighted by atomic mass is 35.5. The number of carbonyl (C=O) groups excluding carboxylic acids is 1. The average molecular weight is 413 g/mol. The first-order chi connectivity index (χ1) is 13.3. The van der Waals surface area contributed by atoms with Crippen LogP contribution in [0, 0.1) is 5.92 Å². The second-order valence-electron chi connectivity index (χ2n) is 6.78. The van der Waals surface area contributed by atoms with Crippen molar-refractivity contribution < 1.29 is 18.0 Å². The fourth-order valence-corrected chi connectivity index (χ4v) is 3.32. The maximum atomic E-state index is 12.4. The summed E-state index contributed by atoms with van der Waals surface area (Å²) in [4.78, 5) is 17.9. The Kier molecular flexibility index (Phi) is 6.41. The molecular weight excluding hydrogens is 393 g/mol. The fraction of sp³-hybridized carbons (Fsp3) is 0.368. The Balaban J connectivity index is 1.47. The first-order valence-corrected chi connectivity index (χ1v) is 9.22. The molecule has 28 heavy (non-hydrogen) atoms. The number of hydrogen-bond donors (Lipinski definition) is 2. The largest absolute Gasteiger partial charge is 0.401 e. The topological polar surface area (TPSA) is 57.3 Å². The molecule has 2 heterocycles. The molecule has 2 aromatic rings. The van der Waals surface area contributed by atoms with Gasteiger partial charge < -0.3 is 10.6 Å². The number of amides is 1. The molecule has 1 amide bonds. The SMILES string of the molecule is O=C(Nc1cccc(Cl)c1)c1ccc(NCC2CCN(CC(F)(F)F)C2)nc1. The molecule has 0 bridgehead atoms. The third-order valence-corrected chi connectivity index (χ3v) is 4.69. The Hall–Kier alpha value is -2.32. The van der Waals surface area contributed by atoms with Gasteiger partial charge in [-0.25, -0.2) is 4.98 Å². The van der Waals surface area contributed by atoms with Gasteiger partial charge in [-0.05, 0) is 49.2 Å². The predicted octanol–water partition coefficient (Wildman–Crippen LogP) is 4.28. The van der Waals surface area contributed by atoms with Crippen molar-refractivity contribution >= 4 is 29.0 Å².